The number of thiophene rings is 1. The number of carbonyl (C=O) groups is 1. The van der Waals surface area contributed by atoms with Crippen LogP contribution in [0.4, 0.5) is 0 Å². The third-order valence-electron chi connectivity index (χ3n) is 5.25. The molecule has 0 fully saturated rings. The van der Waals surface area contributed by atoms with Crippen LogP contribution in [0.1, 0.15) is 16.9 Å². The molecule has 30 heavy (non-hydrogen) atoms. The van der Waals surface area contributed by atoms with Crippen LogP contribution in [0, 0.1) is 0 Å². The van der Waals surface area contributed by atoms with Crippen LogP contribution in [0.3, 0.4) is 0 Å². The Bertz CT molecular complexity index is 1110. The second-order valence-electron chi connectivity index (χ2n) is 7.41. The Balaban J connectivity index is 1.42. The minimum Gasteiger partial charge on any atom is -0.478 e. The molecule has 1 unspecified atom stereocenters. The first-order valence-electron chi connectivity index (χ1n) is 10.1. The summed E-state index contributed by atoms with van der Waals surface area (Å²) in [5.41, 5.74) is 3.46. The van der Waals surface area contributed by atoms with Gasteiger partial charge in [-0.3, -0.25) is 0 Å². The number of fused-ring (bicyclic) bond motifs is 1. The number of hydrogen-bond donors (Lipinski definition) is 1. The molecule has 0 aliphatic heterocycles. The lowest BCUT2D eigenvalue weighted by atomic mass is 9.92. The molecule has 4 rings (SSSR count). The van der Waals surface area contributed by atoms with Crippen molar-refractivity contribution in [2.45, 2.75) is 25.4 Å². The van der Waals surface area contributed by atoms with E-state index in [0.29, 0.717) is 6.61 Å². The highest BCUT2D eigenvalue weighted by molar-refractivity contribution is 7.09. The van der Waals surface area contributed by atoms with Gasteiger partial charge in [0.25, 0.3) is 0 Å². The zero-order chi connectivity index (χ0) is 20.8. The van der Waals surface area contributed by atoms with Gasteiger partial charge >= 0.3 is 5.97 Å². The number of ether oxygens (including phenoxy) is 1. The zero-order valence-electron chi connectivity index (χ0n) is 16.7. The van der Waals surface area contributed by atoms with E-state index >= 15 is 0 Å². The summed E-state index contributed by atoms with van der Waals surface area (Å²) < 4.78 is 6.24. The molecule has 0 saturated carbocycles. The van der Waals surface area contributed by atoms with Crippen molar-refractivity contribution in [3.8, 4) is 0 Å². The van der Waals surface area contributed by atoms with Gasteiger partial charge in [0.05, 0.1) is 12.7 Å². The number of carboxylic acids is 1. The highest BCUT2D eigenvalue weighted by atomic mass is 32.1. The highest BCUT2D eigenvalue weighted by Crippen LogP contribution is 2.27. The summed E-state index contributed by atoms with van der Waals surface area (Å²) in [5, 5.41) is 13.6. The number of allylic oxidation sites excluding steroid dienone is 2. The largest absolute Gasteiger partial charge is 0.478 e. The van der Waals surface area contributed by atoms with Crippen molar-refractivity contribution in [1.29, 1.82) is 0 Å². The fourth-order valence-electron chi connectivity index (χ4n) is 3.71. The second kappa shape index (κ2) is 9.70. The average Bonchev–Trinajstić information content (AvgIpc) is 3.26. The zero-order valence-corrected chi connectivity index (χ0v) is 17.5. The topological polar surface area (TPSA) is 46.5 Å². The van der Waals surface area contributed by atoms with Crippen LogP contribution >= 0.6 is 11.3 Å². The fourth-order valence-corrected chi connectivity index (χ4v) is 4.47. The van der Waals surface area contributed by atoms with Crippen molar-refractivity contribution in [2.75, 3.05) is 6.61 Å². The molecule has 0 saturated heterocycles. The summed E-state index contributed by atoms with van der Waals surface area (Å²) >= 11 is 1.75. The molecular weight excluding hydrogens is 392 g/mol. The summed E-state index contributed by atoms with van der Waals surface area (Å²) in [7, 11) is 0. The molecule has 0 bridgehead atoms. The van der Waals surface area contributed by atoms with Crippen molar-refractivity contribution in [2.24, 2.45) is 0 Å². The molecule has 0 radical (unpaired) electrons. The van der Waals surface area contributed by atoms with Gasteiger partial charge in [0, 0.05) is 17.4 Å². The van der Waals surface area contributed by atoms with Crippen molar-refractivity contribution in [3.05, 3.63) is 106 Å². The van der Waals surface area contributed by atoms with Crippen LogP contribution < -0.4 is 0 Å². The minimum atomic E-state index is -0.945. The van der Waals surface area contributed by atoms with Gasteiger partial charge in [-0.05, 0) is 52.3 Å². The quantitative estimate of drug-likeness (QED) is 0.460. The Labute approximate surface area is 180 Å². The molecule has 152 valence electrons. The Morgan fingerprint density at radius 1 is 1.10 bits per heavy atom. The molecule has 1 heterocycles. The van der Waals surface area contributed by atoms with Crippen molar-refractivity contribution < 1.29 is 14.6 Å². The Kier molecular flexibility index (Phi) is 6.57. The third kappa shape index (κ3) is 5.35. The number of carboxylic acid groups (broad SMARTS) is 1. The van der Waals surface area contributed by atoms with Crippen molar-refractivity contribution >= 4 is 28.1 Å². The molecule has 0 spiro atoms. The van der Waals surface area contributed by atoms with E-state index in [1.807, 2.05) is 12.1 Å². The van der Waals surface area contributed by atoms with Crippen LogP contribution in [-0.2, 0) is 22.4 Å². The molecule has 1 aliphatic rings. The molecule has 2 aromatic carbocycles. The van der Waals surface area contributed by atoms with Gasteiger partial charge in [-0.2, -0.15) is 0 Å². The van der Waals surface area contributed by atoms with E-state index in [0.717, 1.165) is 24.8 Å². The first kappa shape index (κ1) is 20.3. The minimum absolute atomic E-state index is 0.124. The van der Waals surface area contributed by atoms with Gasteiger partial charge in [-0.1, -0.05) is 66.3 Å². The van der Waals surface area contributed by atoms with E-state index < -0.39 is 5.97 Å². The van der Waals surface area contributed by atoms with E-state index in [9.17, 15) is 4.79 Å². The summed E-state index contributed by atoms with van der Waals surface area (Å²) in [4.78, 5) is 12.3. The van der Waals surface area contributed by atoms with Crippen LogP contribution in [0.15, 0.2) is 95.4 Å². The smallest absolute Gasteiger partial charge is 0.328 e. The van der Waals surface area contributed by atoms with Gasteiger partial charge in [0.15, 0.2) is 0 Å². The molecule has 0 amide bonds. The maximum absolute atomic E-state index is 11.0. The first-order valence-corrected chi connectivity index (χ1v) is 11.0. The summed E-state index contributed by atoms with van der Waals surface area (Å²) in [6.07, 6.45) is 9.32. The lowest BCUT2D eigenvalue weighted by Crippen LogP contribution is -2.20. The predicted molar refractivity (Wildman–Crippen MR) is 123 cm³/mol. The Morgan fingerprint density at radius 3 is 2.77 bits per heavy atom. The molecule has 1 aromatic heterocycles. The van der Waals surface area contributed by atoms with Gasteiger partial charge < -0.3 is 9.84 Å². The van der Waals surface area contributed by atoms with E-state index in [4.69, 9.17) is 9.84 Å². The van der Waals surface area contributed by atoms with E-state index in [-0.39, 0.29) is 6.10 Å². The van der Waals surface area contributed by atoms with Crippen LogP contribution in [-0.4, -0.2) is 23.8 Å². The van der Waals surface area contributed by atoms with Crippen LogP contribution in [0.2, 0.25) is 0 Å². The van der Waals surface area contributed by atoms with Crippen molar-refractivity contribution in [1.82, 2.24) is 0 Å². The average molecular weight is 417 g/mol. The van der Waals surface area contributed by atoms with Gasteiger partial charge in [-0.25, -0.2) is 4.79 Å². The third-order valence-corrected chi connectivity index (χ3v) is 6.13. The fraction of sp³-hybridized carbons (Fsp3) is 0.192. The van der Waals surface area contributed by atoms with Crippen LogP contribution in [0.5, 0.6) is 0 Å². The number of aliphatic carboxylic acids is 1. The normalized spacial score (nSPS) is 16.6. The maximum atomic E-state index is 11.0. The number of benzene rings is 2. The van der Waals surface area contributed by atoms with E-state index in [2.05, 4.69) is 60.0 Å². The standard InChI is InChI=1S/C26H24O3S/c27-26(28)12-11-22-10-8-20(17-24-6-3-15-30-24)18-25(22)29-14-13-19-7-9-21-4-1-2-5-23(21)16-19/h1-12,15-16,25H,13-14,17-18H2,(H,27,28)/b12-11+. The molecule has 1 atom stereocenters. The van der Waals surface area contributed by atoms with Crippen molar-refractivity contribution in [3.63, 3.8) is 0 Å². The van der Waals surface area contributed by atoms with E-state index in [1.54, 1.807) is 17.4 Å². The lowest BCUT2D eigenvalue weighted by Gasteiger charge is -2.24. The Morgan fingerprint density at radius 2 is 1.97 bits per heavy atom. The molecule has 1 aliphatic carbocycles. The van der Waals surface area contributed by atoms with Crippen LogP contribution in [0.25, 0.3) is 10.8 Å². The summed E-state index contributed by atoms with van der Waals surface area (Å²) in [5.74, 6) is -0.945. The molecule has 3 aromatic rings. The second-order valence-corrected chi connectivity index (χ2v) is 8.45. The highest BCUT2D eigenvalue weighted by Gasteiger charge is 2.19. The summed E-state index contributed by atoms with van der Waals surface area (Å²) in [6.45, 7) is 0.591. The van der Waals surface area contributed by atoms with Gasteiger partial charge in [0.1, 0.15) is 0 Å². The first-order chi connectivity index (χ1) is 14.7. The molecule has 3 nitrogen and oxygen atoms in total. The maximum Gasteiger partial charge on any atom is 0.328 e. The van der Waals surface area contributed by atoms with Gasteiger partial charge in [-0.15, -0.1) is 11.3 Å². The number of rotatable bonds is 8. The van der Waals surface area contributed by atoms with Gasteiger partial charge in [0.2, 0.25) is 0 Å². The molecule has 1 N–H and O–H groups in total. The molecule has 4 heteroatoms. The van der Waals surface area contributed by atoms with E-state index in [1.165, 1.54) is 32.9 Å². The summed E-state index contributed by atoms with van der Waals surface area (Å²) in [6, 6.07) is 19.1. The monoisotopic (exact) mass is 416 g/mol. The lowest BCUT2D eigenvalue weighted by molar-refractivity contribution is -0.131. The Hall–Kier alpha value is -2.95. The SMILES string of the molecule is O=C(O)/C=C/C1=CC=C(Cc2cccs2)CC1OCCc1ccc2ccccc2c1. The predicted octanol–water partition coefficient (Wildman–Crippen LogP) is 5.97. The molecular formula is C26H24O3S. The number of hydrogen-bond acceptors (Lipinski definition) is 3.